The Labute approximate surface area is 126 Å². The van der Waals surface area contributed by atoms with Gasteiger partial charge in [-0.25, -0.2) is 0 Å². The third-order valence-corrected chi connectivity index (χ3v) is 4.48. The summed E-state index contributed by atoms with van der Waals surface area (Å²) in [5, 5.41) is 10.0. The molecule has 2 N–H and O–H groups in total. The van der Waals surface area contributed by atoms with Gasteiger partial charge in [-0.2, -0.15) is 5.10 Å². The number of anilines is 1. The van der Waals surface area contributed by atoms with Crippen LogP contribution >= 0.6 is 15.9 Å². The quantitative estimate of drug-likeness (QED) is 0.903. The maximum atomic E-state index is 12.6. The van der Waals surface area contributed by atoms with E-state index in [0.29, 0.717) is 0 Å². The summed E-state index contributed by atoms with van der Waals surface area (Å²) in [7, 11) is 0. The Morgan fingerprint density at radius 3 is 2.45 bits per heavy atom. The summed E-state index contributed by atoms with van der Waals surface area (Å²) in [5.41, 5.74) is 3.23. The van der Waals surface area contributed by atoms with E-state index in [-0.39, 0.29) is 11.3 Å². The largest absolute Gasteiger partial charge is 0.322 e. The first-order valence-electron chi connectivity index (χ1n) is 6.62. The number of halogens is 1. The molecule has 3 rings (SSSR count). The van der Waals surface area contributed by atoms with Crippen molar-refractivity contribution >= 4 is 27.5 Å². The van der Waals surface area contributed by atoms with E-state index in [2.05, 4.69) is 31.4 Å². The van der Waals surface area contributed by atoms with E-state index in [1.807, 2.05) is 38.1 Å². The van der Waals surface area contributed by atoms with Gasteiger partial charge in [0.2, 0.25) is 5.91 Å². The molecule has 4 nitrogen and oxygen atoms in total. The molecule has 1 amide bonds. The predicted octanol–water partition coefficient (Wildman–Crippen LogP) is 3.46. The summed E-state index contributed by atoms with van der Waals surface area (Å²) in [4.78, 5) is 12.6. The van der Waals surface area contributed by atoms with Crippen molar-refractivity contribution in [2.45, 2.75) is 32.1 Å². The van der Waals surface area contributed by atoms with Crippen molar-refractivity contribution in [3.05, 3.63) is 45.7 Å². The van der Waals surface area contributed by atoms with E-state index in [4.69, 9.17) is 0 Å². The van der Waals surface area contributed by atoms with Crippen LogP contribution in [-0.2, 0) is 10.2 Å². The normalized spacial score (nSPS) is 15.9. The second-order valence-electron chi connectivity index (χ2n) is 5.35. The summed E-state index contributed by atoms with van der Waals surface area (Å²) in [5.74, 6) is 0.0624. The SMILES string of the molecule is Cc1n[nH]c(C)c1NC(=O)C1(c2ccc(Br)cc2)CC1. The molecule has 104 valence electrons. The van der Waals surface area contributed by atoms with Crippen LogP contribution in [0.25, 0.3) is 0 Å². The van der Waals surface area contributed by atoms with Crippen molar-refractivity contribution < 1.29 is 4.79 Å². The molecule has 0 unspecified atom stereocenters. The average molecular weight is 334 g/mol. The summed E-state index contributed by atoms with van der Waals surface area (Å²) in [6, 6.07) is 8.01. The van der Waals surface area contributed by atoms with Crippen LogP contribution < -0.4 is 5.32 Å². The molecule has 2 aromatic rings. The topological polar surface area (TPSA) is 57.8 Å². The summed E-state index contributed by atoms with van der Waals surface area (Å²) in [6.45, 7) is 3.80. The lowest BCUT2D eigenvalue weighted by atomic mass is 9.95. The molecule has 1 aliphatic carbocycles. The van der Waals surface area contributed by atoms with E-state index in [0.717, 1.165) is 40.0 Å². The minimum atomic E-state index is -0.364. The lowest BCUT2D eigenvalue weighted by Gasteiger charge is -2.16. The standard InChI is InChI=1S/C15H16BrN3O/c1-9-13(10(2)19-18-9)17-14(20)15(7-8-15)11-3-5-12(16)6-4-11/h3-6H,7-8H2,1-2H3,(H,17,20)(H,18,19). The van der Waals surface area contributed by atoms with Gasteiger partial charge in [-0.05, 0) is 44.4 Å². The highest BCUT2D eigenvalue weighted by Crippen LogP contribution is 2.49. The maximum Gasteiger partial charge on any atom is 0.235 e. The smallest absolute Gasteiger partial charge is 0.235 e. The van der Waals surface area contributed by atoms with Crippen molar-refractivity contribution in [1.29, 1.82) is 0 Å². The number of aromatic nitrogens is 2. The van der Waals surface area contributed by atoms with Crippen molar-refractivity contribution in [1.82, 2.24) is 10.2 Å². The summed E-state index contributed by atoms with van der Waals surface area (Å²) < 4.78 is 1.03. The fourth-order valence-electron chi connectivity index (χ4n) is 2.51. The molecule has 0 radical (unpaired) electrons. The van der Waals surface area contributed by atoms with Gasteiger partial charge in [0.15, 0.2) is 0 Å². The van der Waals surface area contributed by atoms with E-state index in [1.165, 1.54) is 0 Å². The second kappa shape index (κ2) is 4.74. The molecule has 1 saturated carbocycles. The minimum absolute atomic E-state index is 0.0624. The van der Waals surface area contributed by atoms with Gasteiger partial charge in [-0.15, -0.1) is 0 Å². The zero-order valence-electron chi connectivity index (χ0n) is 11.5. The van der Waals surface area contributed by atoms with Crippen LogP contribution in [0.5, 0.6) is 0 Å². The number of nitrogens with zero attached hydrogens (tertiary/aromatic N) is 1. The highest BCUT2D eigenvalue weighted by Gasteiger charge is 2.51. The monoisotopic (exact) mass is 333 g/mol. The molecule has 20 heavy (non-hydrogen) atoms. The Hall–Kier alpha value is -1.62. The van der Waals surface area contributed by atoms with Crippen LogP contribution in [0.2, 0.25) is 0 Å². The van der Waals surface area contributed by atoms with E-state index in [9.17, 15) is 4.79 Å². The van der Waals surface area contributed by atoms with Gasteiger partial charge in [0.05, 0.1) is 22.5 Å². The molecule has 1 heterocycles. The predicted molar refractivity (Wildman–Crippen MR) is 81.7 cm³/mol. The number of H-pyrrole nitrogens is 1. The first-order chi connectivity index (χ1) is 9.53. The number of aromatic amines is 1. The van der Waals surface area contributed by atoms with Crippen LogP contribution in [-0.4, -0.2) is 16.1 Å². The Morgan fingerprint density at radius 2 is 1.95 bits per heavy atom. The molecule has 5 heteroatoms. The van der Waals surface area contributed by atoms with Crippen molar-refractivity contribution in [2.24, 2.45) is 0 Å². The van der Waals surface area contributed by atoms with Crippen LogP contribution in [0.4, 0.5) is 5.69 Å². The molecule has 1 aromatic heterocycles. The van der Waals surface area contributed by atoms with Crippen LogP contribution in [0.15, 0.2) is 28.7 Å². The Morgan fingerprint density at radius 1 is 1.30 bits per heavy atom. The Balaban J connectivity index is 1.85. The first-order valence-corrected chi connectivity index (χ1v) is 7.41. The fourth-order valence-corrected chi connectivity index (χ4v) is 2.77. The van der Waals surface area contributed by atoms with Crippen LogP contribution in [0.3, 0.4) is 0 Å². The van der Waals surface area contributed by atoms with Crippen molar-refractivity contribution in [3.8, 4) is 0 Å². The third kappa shape index (κ3) is 2.16. The highest BCUT2D eigenvalue weighted by molar-refractivity contribution is 9.10. The van der Waals surface area contributed by atoms with Crippen LogP contribution in [0, 0.1) is 13.8 Å². The van der Waals surface area contributed by atoms with Gasteiger partial charge in [0.25, 0.3) is 0 Å². The van der Waals surface area contributed by atoms with Crippen LogP contribution in [0.1, 0.15) is 29.8 Å². The average Bonchev–Trinajstić information content (AvgIpc) is 3.18. The van der Waals surface area contributed by atoms with Gasteiger partial charge in [0.1, 0.15) is 0 Å². The number of nitrogens with one attached hydrogen (secondary N) is 2. The lowest BCUT2D eigenvalue weighted by molar-refractivity contribution is -0.118. The zero-order valence-corrected chi connectivity index (χ0v) is 13.0. The molecule has 0 saturated heterocycles. The highest BCUT2D eigenvalue weighted by atomic mass is 79.9. The van der Waals surface area contributed by atoms with Gasteiger partial charge in [0, 0.05) is 4.47 Å². The molecule has 0 aliphatic heterocycles. The first kappa shape index (κ1) is 13.4. The van der Waals surface area contributed by atoms with Gasteiger partial charge in [-0.3, -0.25) is 9.89 Å². The number of benzene rings is 1. The number of amides is 1. The van der Waals surface area contributed by atoms with E-state index < -0.39 is 0 Å². The fraction of sp³-hybridized carbons (Fsp3) is 0.333. The van der Waals surface area contributed by atoms with Gasteiger partial charge < -0.3 is 5.32 Å². The lowest BCUT2D eigenvalue weighted by Crippen LogP contribution is -2.28. The van der Waals surface area contributed by atoms with Crippen molar-refractivity contribution in [2.75, 3.05) is 5.32 Å². The molecular weight excluding hydrogens is 318 g/mol. The molecule has 0 spiro atoms. The number of hydrogen-bond acceptors (Lipinski definition) is 2. The Bertz CT molecular complexity index is 637. The third-order valence-electron chi connectivity index (χ3n) is 3.95. The van der Waals surface area contributed by atoms with E-state index >= 15 is 0 Å². The number of hydrogen-bond donors (Lipinski definition) is 2. The zero-order chi connectivity index (χ0) is 14.3. The Kier molecular flexibility index (Phi) is 3.17. The van der Waals surface area contributed by atoms with Gasteiger partial charge in [-0.1, -0.05) is 28.1 Å². The molecule has 1 fully saturated rings. The molecular formula is C15H16BrN3O. The maximum absolute atomic E-state index is 12.6. The summed E-state index contributed by atoms with van der Waals surface area (Å²) >= 11 is 3.42. The number of carbonyl (C=O) groups is 1. The second-order valence-corrected chi connectivity index (χ2v) is 6.27. The number of rotatable bonds is 3. The molecule has 0 bridgehead atoms. The van der Waals surface area contributed by atoms with Crippen molar-refractivity contribution in [3.63, 3.8) is 0 Å². The van der Waals surface area contributed by atoms with E-state index in [1.54, 1.807) is 0 Å². The molecule has 1 aliphatic rings. The molecule has 1 aromatic carbocycles. The number of carbonyl (C=O) groups excluding carboxylic acids is 1. The minimum Gasteiger partial charge on any atom is -0.322 e. The summed E-state index contributed by atoms with van der Waals surface area (Å²) in [6.07, 6.45) is 1.80. The molecule has 0 atom stereocenters. The van der Waals surface area contributed by atoms with Gasteiger partial charge >= 0.3 is 0 Å². The number of aryl methyl sites for hydroxylation is 2.